The molecule has 2 rings (SSSR count). The van der Waals surface area contributed by atoms with Crippen molar-refractivity contribution in [3.63, 3.8) is 0 Å². The highest BCUT2D eigenvalue weighted by Gasteiger charge is 2.38. The van der Waals surface area contributed by atoms with Crippen molar-refractivity contribution in [1.82, 2.24) is 15.1 Å². The van der Waals surface area contributed by atoms with Crippen LogP contribution in [0.2, 0.25) is 0 Å². The summed E-state index contributed by atoms with van der Waals surface area (Å²) in [5.41, 5.74) is 6.03. The molecule has 2 bridgehead atoms. The molecule has 2 fully saturated rings. The molecule has 17 heavy (non-hydrogen) atoms. The van der Waals surface area contributed by atoms with E-state index >= 15 is 0 Å². The number of rotatable bonds is 3. The first-order valence-electron chi connectivity index (χ1n) is 6.54. The lowest BCUT2D eigenvalue weighted by atomic mass is 9.98. The molecule has 0 aliphatic carbocycles. The van der Waals surface area contributed by atoms with Gasteiger partial charge in [-0.25, -0.2) is 4.79 Å². The number of piperidine rings is 1. The van der Waals surface area contributed by atoms with E-state index in [1.165, 1.54) is 12.8 Å². The molecular weight excluding hydrogens is 216 g/mol. The van der Waals surface area contributed by atoms with Gasteiger partial charge in [0.25, 0.3) is 0 Å². The fraction of sp³-hybridized carbons (Fsp3) is 0.917. The van der Waals surface area contributed by atoms with Crippen LogP contribution in [0, 0.1) is 0 Å². The largest absolute Gasteiger partial charge is 0.337 e. The summed E-state index contributed by atoms with van der Waals surface area (Å²) in [4.78, 5) is 15.5. The number of carbonyl (C=O) groups is 1. The second-order valence-corrected chi connectivity index (χ2v) is 5.48. The van der Waals surface area contributed by atoms with E-state index in [9.17, 15) is 4.79 Å². The maximum Gasteiger partial charge on any atom is 0.316 e. The molecule has 3 N–H and O–H groups in total. The van der Waals surface area contributed by atoms with Gasteiger partial charge >= 0.3 is 6.03 Å². The summed E-state index contributed by atoms with van der Waals surface area (Å²) in [6.45, 7) is 1.70. The summed E-state index contributed by atoms with van der Waals surface area (Å²) in [5, 5.41) is 2.92. The Balaban J connectivity index is 1.75. The molecule has 2 heterocycles. The predicted octanol–water partition coefficient (Wildman–Crippen LogP) is 0.212. The van der Waals surface area contributed by atoms with Gasteiger partial charge in [0, 0.05) is 45.3 Å². The van der Waals surface area contributed by atoms with E-state index in [0.29, 0.717) is 18.1 Å². The summed E-state index contributed by atoms with van der Waals surface area (Å²) < 4.78 is 0. The van der Waals surface area contributed by atoms with Crippen LogP contribution < -0.4 is 11.1 Å². The minimum absolute atomic E-state index is 0.00828. The molecule has 0 aromatic rings. The summed E-state index contributed by atoms with van der Waals surface area (Å²) >= 11 is 0. The highest BCUT2D eigenvalue weighted by Crippen LogP contribution is 2.34. The minimum atomic E-state index is -0.00828. The number of fused-ring (bicyclic) bond motifs is 2. The molecular formula is C12H24N4O. The Hall–Kier alpha value is -0.810. The van der Waals surface area contributed by atoms with Gasteiger partial charge in [-0.2, -0.15) is 0 Å². The van der Waals surface area contributed by atoms with Crippen molar-refractivity contribution in [2.24, 2.45) is 5.73 Å². The monoisotopic (exact) mass is 240 g/mol. The van der Waals surface area contributed by atoms with Crippen LogP contribution in [0.5, 0.6) is 0 Å². The number of carbonyl (C=O) groups excluding carboxylic acids is 1. The molecule has 2 aliphatic heterocycles. The highest BCUT2D eigenvalue weighted by molar-refractivity contribution is 5.73. The third kappa shape index (κ3) is 2.90. The average Bonchev–Trinajstić information content (AvgIpc) is 2.51. The normalized spacial score (nSPS) is 32.5. The molecule has 5 nitrogen and oxygen atoms in total. The molecule has 0 saturated carbocycles. The number of nitrogens with one attached hydrogen (secondary N) is 1. The van der Waals surface area contributed by atoms with E-state index in [4.69, 9.17) is 5.73 Å². The fourth-order valence-electron chi connectivity index (χ4n) is 3.13. The number of hydrogen-bond donors (Lipinski definition) is 2. The third-order valence-corrected chi connectivity index (χ3v) is 3.97. The third-order valence-electron chi connectivity index (χ3n) is 3.97. The van der Waals surface area contributed by atoms with Crippen LogP contribution >= 0.6 is 0 Å². The molecule has 2 atom stereocenters. The van der Waals surface area contributed by atoms with E-state index in [1.807, 2.05) is 0 Å². The fourth-order valence-corrected chi connectivity index (χ4v) is 3.13. The van der Waals surface area contributed by atoms with Gasteiger partial charge in [-0.3, -0.25) is 4.90 Å². The van der Waals surface area contributed by atoms with Gasteiger partial charge in [0.1, 0.15) is 0 Å². The first-order chi connectivity index (χ1) is 8.08. The number of amides is 2. The molecule has 2 unspecified atom stereocenters. The van der Waals surface area contributed by atoms with Crippen LogP contribution in [0.25, 0.3) is 0 Å². The van der Waals surface area contributed by atoms with Crippen molar-refractivity contribution in [2.75, 3.05) is 27.2 Å². The van der Waals surface area contributed by atoms with E-state index in [0.717, 1.165) is 25.9 Å². The topological polar surface area (TPSA) is 61.6 Å². The predicted molar refractivity (Wildman–Crippen MR) is 67.8 cm³/mol. The van der Waals surface area contributed by atoms with E-state index < -0.39 is 0 Å². The highest BCUT2D eigenvalue weighted by atomic mass is 16.2. The van der Waals surface area contributed by atoms with E-state index in [2.05, 4.69) is 10.2 Å². The van der Waals surface area contributed by atoms with Gasteiger partial charge < -0.3 is 16.0 Å². The Morgan fingerprint density at radius 3 is 2.47 bits per heavy atom. The van der Waals surface area contributed by atoms with Gasteiger partial charge in [0.2, 0.25) is 0 Å². The zero-order valence-electron chi connectivity index (χ0n) is 10.9. The van der Waals surface area contributed by atoms with Crippen LogP contribution in [-0.2, 0) is 0 Å². The minimum Gasteiger partial charge on any atom is -0.337 e. The zero-order chi connectivity index (χ0) is 12.4. The Morgan fingerprint density at radius 1 is 1.35 bits per heavy atom. The second-order valence-electron chi connectivity index (χ2n) is 5.48. The Kier molecular flexibility index (Phi) is 3.89. The number of nitrogens with zero attached hydrogens (tertiary/aromatic N) is 2. The van der Waals surface area contributed by atoms with Crippen molar-refractivity contribution < 1.29 is 4.79 Å². The standard InChI is InChI=1S/C12H24N4O/c1-15(2)12(17)14-5-6-16-10-3-4-11(16)8-9(13)7-10/h9-11H,3-8,13H2,1-2H3,(H,14,17). The maximum atomic E-state index is 11.4. The number of hydrogen-bond acceptors (Lipinski definition) is 3. The molecule has 0 aromatic heterocycles. The summed E-state index contributed by atoms with van der Waals surface area (Å²) in [5.74, 6) is 0. The lowest BCUT2D eigenvalue weighted by Gasteiger charge is -2.37. The summed E-state index contributed by atoms with van der Waals surface area (Å²) in [6, 6.07) is 1.69. The van der Waals surface area contributed by atoms with Gasteiger partial charge in [-0.1, -0.05) is 0 Å². The summed E-state index contributed by atoms with van der Waals surface area (Å²) in [6.07, 6.45) is 4.80. The first-order valence-corrected chi connectivity index (χ1v) is 6.54. The lowest BCUT2D eigenvalue weighted by molar-refractivity contribution is 0.128. The van der Waals surface area contributed by atoms with E-state index in [1.54, 1.807) is 19.0 Å². The van der Waals surface area contributed by atoms with Gasteiger partial charge in [0.05, 0.1) is 0 Å². The van der Waals surface area contributed by atoms with Crippen LogP contribution in [0.3, 0.4) is 0 Å². The number of nitrogens with two attached hydrogens (primary N) is 1. The lowest BCUT2D eigenvalue weighted by Crippen LogP contribution is -2.50. The summed E-state index contributed by atoms with van der Waals surface area (Å²) in [7, 11) is 3.53. The molecule has 98 valence electrons. The first kappa shape index (κ1) is 12.6. The molecule has 2 amide bonds. The van der Waals surface area contributed by atoms with Gasteiger partial charge in [-0.15, -0.1) is 0 Å². The van der Waals surface area contributed by atoms with Crippen LogP contribution in [0.15, 0.2) is 0 Å². The average molecular weight is 240 g/mol. The van der Waals surface area contributed by atoms with Crippen molar-refractivity contribution in [3.05, 3.63) is 0 Å². The molecule has 0 aromatic carbocycles. The number of urea groups is 1. The Bertz CT molecular complexity index is 268. The molecule has 2 saturated heterocycles. The zero-order valence-corrected chi connectivity index (χ0v) is 10.9. The van der Waals surface area contributed by atoms with Gasteiger partial charge in [0.15, 0.2) is 0 Å². The van der Waals surface area contributed by atoms with Crippen molar-refractivity contribution in [3.8, 4) is 0 Å². The van der Waals surface area contributed by atoms with Crippen LogP contribution in [0.1, 0.15) is 25.7 Å². The van der Waals surface area contributed by atoms with Crippen LogP contribution in [-0.4, -0.2) is 61.1 Å². The van der Waals surface area contributed by atoms with Crippen molar-refractivity contribution in [1.29, 1.82) is 0 Å². The second kappa shape index (κ2) is 5.23. The SMILES string of the molecule is CN(C)C(=O)NCCN1C2CCC1CC(N)C2. The van der Waals surface area contributed by atoms with Crippen molar-refractivity contribution >= 4 is 6.03 Å². The molecule has 2 aliphatic rings. The molecule has 5 heteroatoms. The van der Waals surface area contributed by atoms with Gasteiger partial charge in [-0.05, 0) is 25.7 Å². The Labute approximate surface area is 103 Å². The van der Waals surface area contributed by atoms with Crippen molar-refractivity contribution in [2.45, 2.75) is 43.8 Å². The maximum absolute atomic E-state index is 11.4. The smallest absolute Gasteiger partial charge is 0.316 e. The quantitative estimate of drug-likeness (QED) is 0.741. The molecule has 0 spiro atoms. The van der Waals surface area contributed by atoms with Crippen LogP contribution in [0.4, 0.5) is 4.79 Å². The van der Waals surface area contributed by atoms with E-state index in [-0.39, 0.29) is 6.03 Å². The Morgan fingerprint density at radius 2 is 1.94 bits per heavy atom. The molecule has 0 radical (unpaired) electrons.